The van der Waals surface area contributed by atoms with E-state index in [-0.39, 0.29) is 0 Å². The summed E-state index contributed by atoms with van der Waals surface area (Å²) >= 11 is 1.88. The van der Waals surface area contributed by atoms with Crippen LogP contribution < -0.4 is 0 Å². The predicted octanol–water partition coefficient (Wildman–Crippen LogP) is 2.96. The molecule has 2 atom stereocenters. The highest BCUT2D eigenvalue weighted by Gasteiger charge is 2.22. The molecule has 1 aromatic carbocycles. The van der Waals surface area contributed by atoms with Gasteiger partial charge in [0.25, 0.3) is 0 Å². The summed E-state index contributed by atoms with van der Waals surface area (Å²) in [4.78, 5) is 4.62. The van der Waals surface area contributed by atoms with Crippen molar-refractivity contribution in [2.45, 2.75) is 25.1 Å². The Morgan fingerprint density at radius 1 is 1.15 bits per heavy atom. The van der Waals surface area contributed by atoms with Gasteiger partial charge in [0.1, 0.15) is 0 Å². The third-order valence-corrected chi connectivity index (χ3v) is 3.65. The van der Waals surface area contributed by atoms with Crippen LogP contribution in [0.25, 0.3) is 0 Å². The number of hydrogen-bond donors (Lipinski definition) is 0. The SMILES string of the molecule is CC1N=C(c2ccccc2)SC1C. The summed E-state index contributed by atoms with van der Waals surface area (Å²) in [6.07, 6.45) is 0. The first-order valence-corrected chi connectivity index (χ1v) is 5.45. The van der Waals surface area contributed by atoms with Gasteiger partial charge in [-0.05, 0) is 6.92 Å². The molecule has 2 unspecified atom stereocenters. The van der Waals surface area contributed by atoms with Crippen molar-refractivity contribution in [2.75, 3.05) is 0 Å². The molecule has 0 saturated heterocycles. The Bertz CT molecular complexity index is 318. The summed E-state index contributed by atoms with van der Waals surface area (Å²) in [5.74, 6) is 0. The molecule has 0 aromatic heterocycles. The van der Waals surface area contributed by atoms with Gasteiger partial charge in [-0.25, -0.2) is 0 Å². The van der Waals surface area contributed by atoms with Crippen LogP contribution in [0.3, 0.4) is 0 Å². The zero-order valence-electron chi connectivity index (χ0n) is 7.90. The van der Waals surface area contributed by atoms with Crippen molar-refractivity contribution in [1.82, 2.24) is 0 Å². The minimum Gasteiger partial charge on any atom is -0.274 e. The van der Waals surface area contributed by atoms with Gasteiger partial charge in [-0.15, -0.1) is 11.8 Å². The fourth-order valence-corrected chi connectivity index (χ4v) is 2.43. The topological polar surface area (TPSA) is 12.4 Å². The van der Waals surface area contributed by atoms with Gasteiger partial charge in [0.2, 0.25) is 0 Å². The highest BCUT2D eigenvalue weighted by atomic mass is 32.2. The average Bonchev–Trinajstić information content (AvgIpc) is 2.49. The van der Waals surface area contributed by atoms with Crippen molar-refractivity contribution < 1.29 is 0 Å². The lowest BCUT2D eigenvalue weighted by Gasteiger charge is -2.03. The van der Waals surface area contributed by atoms with Gasteiger partial charge in [0.15, 0.2) is 0 Å². The molecule has 1 aliphatic rings. The van der Waals surface area contributed by atoms with E-state index in [0.717, 1.165) is 0 Å². The van der Waals surface area contributed by atoms with Gasteiger partial charge in [0.05, 0.1) is 11.1 Å². The first-order chi connectivity index (χ1) is 6.27. The van der Waals surface area contributed by atoms with Gasteiger partial charge >= 0.3 is 0 Å². The summed E-state index contributed by atoms with van der Waals surface area (Å²) in [5, 5.41) is 1.82. The molecule has 0 spiro atoms. The van der Waals surface area contributed by atoms with Crippen LogP contribution in [0.5, 0.6) is 0 Å². The van der Waals surface area contributed by atoms with Crippen LogP contribution in [-0.2, 0) is 0 Å². The molecule has 68 valence electrons. The van der Waals surface area contributed by atoms with Crippen LogP contribution in [0.1, 0.15) is 19.4 Å². The van der Waals surface area contributed by atoms with Crippen molar-refractivity contribution in [1.29, 1.82) is 0 Å². The van der Waals surface area contributed by atoms with Gasteiger partial charge in [-0.3, -0.25) is 4.99 Å². The van der Waals surface area contributed by atoms with Crippen LogP contribution in [0, 0.1) is 0 Å². The minimum absolute atomic E-state index is 0.459. The molecule has 0 radical (unpaired) electrons. The molecule has 0 aliphatic carbocycles. The van der Waals surface area contributed by atoms with E-state index in [1.165, 1.54) is 10.6 Å². The minimum atomic E-state index is 0.459. The van der Waals surface area contributed by atoms with E-state index in [2.05, 4.69) is 43.1 Å². The van der Waals surface area contributed by atoms with E-state index in [4.69, 9.17) is 0 Å². The molecule has 0 amide bonds. The Morgan fingerprint density at radius 2 is 1.85 bits per heavy atom. The second-order valence-corrected chi connectivity index (χ2v) is 4.73. The van der Waals surface area contributed by atoms with Gasteiger partial charge < -0.3 is 0 Å². The van der Waals surface area contributed by atoms with E-state index in [1.807, 2.05) is 17.8 Å². The Hall–Kier alpha value is -0.760. The van der Waals surface area contributed by atoms with E-state index >= 15 is 0 Å². The van der Waals surface area contributed by atoms with Crippen molar-refractivity contribution in [2.24, 2.45) is 4.99 Å². The Kier molecular flexibility index (Phi) is 2.40. The lowest BCUT2D eigenvalue weighted by atomic mass is 10.2. The first kappa shape index (κ1) is 8.82. The monoisotopic (exact) mass is 191 g/mol. The maximum Gasteiger partial charge on any atom is 0.0983 e. The summed E-state index contributed by atoms with van der Waals surface area (Å²) < 4.78 is 0. The lowest BCUT2D eigenvalue weighted by Crippen LogP contribution is -2.07. The Labute approximate surface area is 83.3 Å². The number of aliphatic imine (C=N–C) groups is 1. The van der Waals surface area contributed by atoms with Gasteiger partial charge in [-0.1, -0.05) is 37.3 Å². The Balaban J connectivity index is 2.25. The van der Waals surface area contributed by atoms with E-state index in [9.17, 15) is 0 Å². The van der Waals surface area contributed by atoms with E-state index < -0.39 is 0 Å². The standard InChI is InChI=1S/C11H13NS/c1-8-9(2)13-11(12-8)10-6-4-3-5-7-10/h3-9H,1-2H3. The van der Waals surface area contributed by atoms with Crippen LogP contribution in [0.2, 0.25) is 0 Å². The number of nitrogens with zero attached hydrogens (tertiary/aromatic N) is 1. The molecule has 2 rings (SSSR count). The fourth-order valence-electron chi connectivity index (χ4n) is 1.32. The summed E-state index contributed by atoms with van der Waals surface area (Å²) in [7, 11) is 0. The largest absolute Gasteiger partial charge is 0.274 e. The molecule has 0 bridgehead atoms. The molecule has 2 heteroatoms. The fraction of sp³-hybridized carbons (Fsp3) is 0.364. The quantitative estimate of drug-likeness (QED) is 0.664. The van der Waals surface area contributed by atoms with E-state index in [0.29, 0.717) is 11.3 Å². The third-order valence-electron chi connectivity index (χ3n) is 2.32. The molecule has 1 nitrogen and oxygen atoms in total. The molecule has 1 heterocycles. The zero-order valence-corrected chi connectivity index (χ0v) is 8.71. The van der Waals surface area contributed by atoms with E-state index in [1.54, 1.807) is 0 Å². The lowest BCUT2D eigenvalue weighted by molar-refractivity contribution is 0.749. The maximum absolute atomic E-state index is 4.62. The number of rotatable bonds is 1. The summed E-state index contributed by atoms with van der Waals surface area (Å²) in [6, 6.07) is 10.9. The smallest absolute Gasteiger partial charge is 0.0983 e. The Morgan fingerprint density at radius 3 is 2.38 bits per heavy atom. The van der Waals surface area contributed by atoms with Crippen molar-refractivity contribution in [3.63, 3.8) is 0 Å². The average molecular weight is 191 g/mol. The molecule has 13 heavy (non-hydrogen) atoms. The molecule has 1 aromatic rings. The predicted molar refractivity (Wildman–Crippen MR) is 59.5 cm³/mol. The van der Waals surface area contributed by atoms with Crippen molar-refractivity contribution in [3.05, 3.63) is 35.9 Å². The highest BCUT2D eigenvalue weighted by Crippen LogP contribution is 2.29. The summed E-state index contributed by atoms with van der Waals surface area (Å²) in [6.45, 7) is 4.41. The molecule has 1 aliphatic heterocycles. The molecule has 0 saturated carbocycles. The third kappa shape index (κ3) is 1.78. The second kappa shape index (κ2) is 3.54. The maximum atomic E-state index is 4.62. The van der Waals surface area contributed by atoms with Crippen molar-refractivity contribution >= 4 is 16.8 Å². The number of thioether (sulfide) groups is 1. The van der Waals surface area contributed by atoms with Crippen LogP contribution >= 0.6 is 11.8 Å². The second-order valence-electron chi connectivity index (χ2n) is 3.36. The number of hydrogen-bond acceptors (Lipinski definition) is 2. The molecular weight excluding hydrogens is 178 g/mol. The van der Waals surface area contributed by atoms with Gasteiger partial charge in [0, 0.05) is 10.8 Å². The van der Waals surface area contributed by atoms with Crippen LogP contribution in [-0.4, -0.2) is 16.3 Å². The molecular formula is C11H13NS. The normalized spacial score (nSPS) is 27.4. The van der Waals surface area contributed by atoms with Gasteiger partial charge in [-0.2, -0.15) is 0 Å². The number of benzene rings is 1. The van der Waals surface area contributed by atoms with Crippen LogP contribution in [0.4, 0.5) is 0 Å². The molecule has 0 fully saturated rings. The molecule has 0 N–H and O–H groups in total. The van der Waals surface area contributed by atoms with Crippen LogP contribution in [0.15, 0.2) is 35.3 Å². The zero-order chi connectivity index (χ0) is 9.26. The highest BCUT2D eigenvalue weighted by molar-refractivity contribution is 8.15. The summed E-state index contributed by atoms with van der Waals surface area (Å²) in [5.41, 5.74) is 1.25. The van der Waals surface area contributed by atoms with Crippen molar-refractivity contribution in [3.8, 4) is 0 Å². The first-order valence-electron chi connectivity index (χ1n) is 4.57.